The molecule has 0 unspecified atom stereocenters. The SMILES string of the molecule is CN(C(=O)C1CCS(=O)(=O)CC1)c1ncc(NC(=O)c2cnn(-c3ccc4c5c(cccc35)C(=O)N4)c2C(F)(F)F)cc1C(F)(F)F. The number of carbonyl (C=O) groups excluding carboxylic acids is 3. The lowest BCUT2D eigenvalue weighted by atomic mass is 10.0. The van der Waals surface area contributed by atoms with E-state index in [9.17, 15) is 49.1 Å². The lowest BCUT2D eigenvalue weighted by molar-refractivity contribution is -0.143. The first-order chi connectivity index (χ1) is 22.0. The van der Waals surface area contributed by atoms with Gasteiger partial charge in [-0.3, -0.25) is 19.3 Å². The van der Waals surface area contributed by atoms with Gasteiger partial charge in [-0.2, -0.15) is 31.4 Å². The van der Waals surface area contributed by atoms with Crippen molar-refractivity contribution in [1.29, 1.82) is 0 Å². The molecule has 18 heteroatoms. The molecule has 0 atom stereocenters. The second-order valence-corrected chi connectivity index (χ2v) is 13.3. The lowest BCUT2D eigenvalue weighted by Gasteiger charge is -2.27. The maximum Gasteiger partial charge on any atom is 0.434 e. The summed E-state index contributed by atoms with van der Waals surface area (Å²) >= 11 is 0. The lowest BCUT2D eigenvalue weighted by Crippen LogP contribution is -2.38. The van der Waals surface area contributed by atoms with E-state index in [0.717, 1.165) is 13.2 Å². The van der Waals surface area contributed by atoms with Crippen molar-refractivity contribution in [2.75, 3.05) is 34.1 Å². The number of hydrogen-bond donors (Lipinski definition) is 2. The molecule has 0 saturated carbocycles. The Hall–Kier alpha value is -5.00. The van der Waals surface area contributed by atoms with Crippen molar-refractivity contribution in [3.05, 3.63) is 71.2 Å². The summed E-state index contributed by atoms with van der Waals surface area (Å²) in [6.45, 7) is 0. The quantitative estimate of drug-likeness (QED) is 0.281. The molecule has 2 aromatic heterocycles. The molecule has 47 heavy (non-hydrogen) atoms. The molecule has 1 fully saturated rings. The molecule has 3 amide bonds. The first kappa shape index (κ1) is 32.0. The van der Waals surface area contributed by atoms with Crippen molar-refractivity contribution >= 4 is 55.5 Å². The molecule has 4 heterocycles. The Bertz CT molecular complexity index is 2080. The Kier molecular flexibility index (Phi) is 7.52. The summed E-state index contributed by atoms with van der Waals surface area (Å²) in [5, 5.41) is 8.98. The highest BCUT2D eigenvalue weighted by atomic mass is 32.2. The van der Waals surface area contributed by atoms with Gasteiger partial charge < -0.3 is 10.6 Å². The van der Waals surface area contributed by atoms with Crippen molar-refractivity contribution in [2.45, 2.75) is 25.2 Å². The molecule has 246 valence electrons. The van der Waals surface area contributed by atoms with E-state index in [2.05, 4.69) is 15.4 Å². The maximum absolute atomic E-state index is 14.5. The molecule has 0 radical (unpaired) electrons. The number of hydrogen-bond acceptors (Lipinski definition) is 7. The van der Waals surface area contributed by atoms with Crippen LogP contribution in [0.5, 0.6) is 0 Å². The number of nitrogens with zero attached hydrogens (tertiary/aromatic N) is 4. The van der Waals surface area contributed by atoms with Gasteiger partial charge in [-0.15, -0.1) is 0 Å². The van der Waals surface area contributed by atoms with Crippen LogP contribution in [0.25, 0.3) is 16.5 Å². The minimum atomic E-state index is -5.17. The third-order valence-electron chi connectivity index (χ3n) is 8.00. The normalized spacial score (nSPS) is 16.3. The van der Waals surface area contributed by atoms with Crippen LogP contribution in [0.4, 0.5) is 43.5 Å². The Morgan fingerprint density at radius 3 is 2.38 bits per heavy atom. The second-order valence-electron chi connectivity index (χ2n) is 11.0. The van der Waals surface area contributed by atoms with Crippen molar-refractivity contribution < 1.29 is 49.1 Å². The number of aromatic nitrogens is 3. The molecule has 2 N–H and O–H groups in total. The fourth-order valence-electron chi connectivity index (χ4n) is 5.74. The molecule has 2 aliphatic heterocycles. The van der Waals surface area contributed by atoms with E-state index < -0.39 is 74.2 Å². The average Bonchev–Trinajstić information content (AvgIpc) is 3.59. The molecule has 2 aliphatic rings. The van der Waals surface area contributed by atoms with Crippen molar-refractivity contribution in [3.8, 4) is 5.69 Å². The smallest absolute Gasteiger partial charge is 0.321 e. The number of benzene rings is 2. The third kappa shape index (κ3) is 5.77. The van der Waals surface area contributed by atoms with E-state index in [0.29, 0.717) is 32.9 Å². The molecule has 0 bridgehead atoms. The summed E-state index contributed by atoms with van der Waals surface area (Å²) in [5.74, 6) is -4.97. The number of carbonyl (C=O) groups is 3. The van der Waals surface area contributed by atoms with Crippen LogP contribution in [-0.4, -0.2) is 59.5 Å². The van der Waals surface area contributed by atoms with Crippen LogP contribution in [0, 0.1) is 5.92 Å². The van der Waals surface area contributed by atoms with Gasteiger partial charge in [-0.25, -0.2) is 18.1 Å². The predicted molar refractivity (Wildman–Crippen MR) is 156 cm³/mol. The zero-order valence-electron chi connectivity index (χ0n) is 24.0. The van der Waals surface area contributed by atoms with E-state index in [4.69, 9.17) is 0 Å². The number of sulfone groups is 1. The fourth-order valence-corrected chi connectivity index (χ4v) is 7.24. The summed E-state index contributed by atoms with van der Waals surface area (Å²) in [6, 6.07) is 7.54. The number of alkyl halides is 6. The van der Waals surface area contributed by atoms with Gasteiger partial charge in [0.2, 0.25) is 5.91 Å². The molecule has 4 aromatic rings. The number of rotatable bonds is 5. The van der Waals surface area contributed by atoms with Crippen LogP contribution < -0.4 is 15.5 Å². The van der Waals surface area contributed by atoms with Crippen LogP contribution in [-0.2, 0) is 27.0 Å². The van der Waals surface area contributed by atoms with Gasteiger partial charge in [0.15, 0.2) is 5.69 Å². The van der Waals surface area contributed by atoms with E-state index in [1.807, 2.05) is 5.32 Å². The van der Waals surface area contributed by atoms with E-state index in [1.165, 1.54) is 30.3 Å². The summed E-state index contributed by atoms with van der Waals surface area (Å²) in [6.07, 6.45) is -9.06. The predicted octanol–water partition coefficient (Wildman–Crippen LogP) is 5.06. The monoisotopic (exact) mass is 680 g/mol. The highest BCUT2D eigenvalue weighted by Gasteiger charge is 2.42. The highest BCUT2D eigenvalue weighted by molar-refractivity contribution is 7.91. The Morgan fingerprint density at radius 1 is 1.02 bits per heavy atom. The summed E-state index contributed by atoms with van der Waals surface area (Å²) in [4.78, 5) is 42.7. The number of anilines is 3. The highest BCUT2D eigenvalue weighted by Crippen LogP contribution is 2.41. The number of amides is 3. The molecular formula is C29H22F6N6O5S. The van der Waals surface area contributed by atoms with Crippen LogP contribution >= 0.6 is 0 Å². The minimum absolute atomic E-state index is 0.0771. The van der Waals surface area contributed by atoms with Crippen LogP contribution in [0.1, 0.15) is 44.8 Å². The third-order valence-corrected chi connectivity index (χ3v) is 9.72. The largest absolute Gasteiger partial charge is 0.434 e. The first-order valence-electron chi connectivity index (χ1n) is 13.9. The average molecular weight is 681 g/mol. The molecule has 11 nitrogen and oxygen atoms in total. The Balaban J connectivity index is 1.33. The van der Waals surface area contributed by atoms with Gasteiger partial charge in [0.05, 0.1) is 40.8 Å². The van der Waals surface area contributed by atoms with Crippen molar-refractivity contribution in [2.24, 2.45) is 5.92 Å². The zero-order chi connectivity index (χ0) is 34.1. The van der Waals surface area contributed by atoms with Crippen LogP contribution in [0.15, 0.2) is 48.8 Å². The van der Waals surface area contributed by atoms with Gasteiger partial charge in [-0.1, -0.05) is 12.1 Å². The second kappa shape index (κ2) is 11.1. The summed E-state index contributed by atoms with van der Waals surface area (Å²) in [7, 11) is -2.31. The number of pyridine rings is 1. The standard InChI is InChI=1S/C29H22F6N6O5S/c1-40(27(44)14-7-9-47(45,46)10-8-14)24-19(28(30,31)32)11-15(12-36-24)38-26(43)18-13-37-41(23(18)29(33,34)35)21-6-5-20-22-16(21)3-2-4-17(22)25(42)39-20/h2-6,11-14H,7-10H2,1H3,(H,38,43)(H,39,42). The van der Waals surface area contributed by atoms with Gasteiger partial charge in [-0.05, 0) is 37.1 Å². The van der Waals surface area contributed by atoms with Crippen molar-refractivity contribution in [1.82, 2.24) is 14.8 Å². The van der Waals surface area contributed by atoms with Crippen LogP contribution in [0.3, 0.4) is 0 Å². The van der Waals surface area contributed by atoms with Crippen LogP contribution in [0.2, 0.25) is 0 Å². The topological polar surface area (TPSA) is 143 Å². The molecular weight excluding hydrogens is 658 g/mol. The first-order valence-corrected chi connectivity index (χ1v) is 15.7. The van der Waals surface area contributed by atoms with Gasteiger partial charge in [0.1, 0.15) is 21.2 Å². The minimum Gasteiger partial charge on any atom is -0.321 e. The van der Waals surface area contributed by atoms with Gasteiger partial charge in [0.25, 0.3) is 11.8 Å². The molecule has 0 spiro atoms. The Labute approximate surface area is 261 Å². The van der Waals surface area contributed by atoms with Gasteiger partial charge in [0, 0.05) is 35.0 Å². The molecule has 1 saturated heterocycles. The number of nitrogens with one attached hydrogen (secondary N) is 2. The van der Waals surface area contributed by atoms with E-state index in [1.54, 1.807) is 0 Å². The summed E-state index contributed by atoms with van der Waals surface area (Å²) < 4.78 is 110. The van der Waals surface area contributed by atoms with E-state index >= 15 is 0 Å². The fraction of sp³-hybridized carbons (Fsp3) is 0.276. The van der Waals surface area contributed by atoms with E-state index in [-0.39, 0.29) is 41.0 Å². The van der Waals surface area contributed by atoms with Gasteiger partial charge >= 0.3 is 12.4 Å². The molecule has 0 aliphatic carbocycles. The maximum atomic E-state index is 14.5. The Morgan fingerprint density at radius 2 is 1.72 bits per heavy atom. The number of halogens is 6. The molecule has 6 rings (SSSR count). The zero-order valence-corrected chi connectivity index (χ0v) is 24.8. The molecule has 2 aromatic carbocycles. The summed E-state index contributed by atoms with van der Waals surface area (Å²) in [5.41, 5.74) is -4.11. The van der Waals surface area contributed by atoms with Crippen molar-refractivity contribution in [3.63, 3.8) is 0 Å².